The van der Waals surface area contributed by atoms with E-state index in [1.165, 1.54) is 148 Å². The Hall–Kier alpha value is -20.2. The second-order valence-corrected chi connectivity index (χ2v) is 39.6. The van der Waals surface area contributed by atoms with E-state index in [-0.39, 0.29) is 0 Å². The van der Waals surface area contributed by atoms with Gasteiger partial charge < -0.3 is 0 Å². The van der Waals surface area contributed by atoms with Gasteiger partial charge in [-0.25, -0.2) is 43.1 Å². The first-order valence-corrected chi connectivity index (χ1v) is 50.3. The van der Waals surface area contributed by atoms with Gasteiger partial charge in [0.15, 0.2) is 0 Å². The smallest absolute Gasteiger partial charge is 0.223 e. The van der Waals surface area contributed by atoms with Gasteiger partial charge in [0.05, 0.1) is 99.3 Å². The fraction of sp³-hybridized carbons (Fsp3) is 0.00752. The first kappa shape index (κ1) is 80.5. The van der Waals surface area contributed by atoms with Crippen LogP contribution in [0.5, 0.6) is 0 Å². The molecular formula is C133H79N15. The summed E-state index contributed by atoms with van der Waals surface area (Å²) in [7, 11) is 0. The highest BCUT2D eigenvalue weighted by atomic mass is 15.3. The molecule has 0 aliphatic heterocycles. The number of nitrogens with zero attached hydrogens (tertiary/aromatic N) is 15. The minimum atomic E-state index is 0.869. The van der Waals surface area contributed by atoms with E-state index in [0.717, 1.165) is 162 Å². The maximum absolute atomic E-state index is 5.32. The van der Waals surface area contributed by atoms with E-state index in [4.69, 9.17) is 29.9 Å². The molecule has 0 aliphatic rings. The summed E-state index contributed by atoms with van der Waals surface area (Å²) in [5.41, 5.74) is 42.7. The molecule has 0 unspecified atom stereocenters. The Morgan fingerprint density at radius 2 is 0.324 bits per heavy atom. The van der Waals surface area contributed by atoms with Crippen molar-refractivity contribution in [3.8, 4) is 89.0 Å². The van der Waals surface area contributed by atoms with Crippen molar-refractivity contribution in [2.45, 2.75) is 6.92 Å². The van der Waals surface area contributed by atoms with Crippen LogP contribution in [-0.4, -0.2) is 69.5 Å². The minimum absolute atomic E-state index is 0.869. The lowest BCUT2D eigenvalue weighted by atomic mass is 9.91. The maximum atomic E-state index is 5.32. The van der Waals surface area contributed by atoms with Gasteiger partial charge in [0, 0.05) is 0 Å². The third-order valence-corrected chi connectivity index (χ3v) is 31.1. The first-order chi connectivity index (χ1) is 73.2. The highest BCUT2D eigenvalue weighted by molar-refractivity contribution is 6.15. The number of benzene rings is 23. The molecule has 0 radical (unpaired) electrons. The molecule has 35 aromatic rings. The third kappa shape index (κ3) is 11.8. The van der Waals surface area contributed by atoms with Gasteiger partial charge in [-0.15, -0.1) is 0 Å². The minimum Gasteiger partial charge on any atom is -0.276 e. The molecule has 0 N–H and O–H groups in total. The second-order valence-electron chi connectivity index (χ2n) is 39.6. The van der Waals surface area contributed by atoms with E-state index in [0.29, 0.717) is 0 Å². The lowest BCUT2D eigenvalue weighted by Crippen LogP contribution is -1.91. The molecular weight excluding hydrogens is 1810 g/mol. The Bertz CT molecular complexity index is 11400. The van der Waals surface area contributed by atoms with Gasteiger partial charge in [-0.1, -0.05) is 334 Å². The Labute approximate surface area is 841 Å². The van der Waals surface area contributed by atoms with Crippen molar-refractivity contribution >= 4 is 215 Å². The van der Waals surface area contributed by atoms with Crippen LogP contribution in [0.4, 0.5) is 0 Å². The molecule has 35 rings (SSSR count). The van der Waals surface area contributed by atoms with Crippen LogP contribution in [0, 0.1) is 6.92 Å². The van der Waals surface area contributed by atoms with Crippen LogP contribution < -0.4 is 0 Å². The molecule has 12 heterocycles. The standard InChI is InChI=1S/2C46H27N5.C41H25N5/c1-3-11-28(12-4-1)34-19-20-36(37(21-34)29-13-5-2-6-14-29)35-26-42-44-43(27-35)50-41-25-33-18-10-8-16-31(33)23-39(41)48-46(50)51(44)45-47-38-22-30-15-7-9-17-32(30)24-40(38)49(42)45;1-3-11-28(12-4-1)34-19-20-36(29-13-5-2-6-14-29)37(21-34)35-26-42-44-43(27-35)50-41-25-33-18-10-8-16-31(33)23-39(41)48-46(50)51(44)45-47-38-22-30-15-7-9-17-32(30)24-40(38)49(42)45;1-24-15-30(25-9-3-2-4-10-25)17-31(16-24)32-22-37-39-38(23-32)45-36-21-29-14-8-6-12-27(29)19-34(36)43-41(45)46(39)40-42-33-18-26-11-5-7-13-28(26)20-35(33)44(37)40/h2*1-27H;2-23H,1H3. The molecule has 0 atom stereocenters. The number of imidazole rings is 12. The van der Waals surface area contributed by atoms with E-state index in [1.54, 1.807) is 0 Å². The summed E-state index contributed by atoms with van der Waals surface area (Å²) >= 11 is 0. The molecule has 15 nitrogen and oxygen atoms in total. The van der Waals surface area contributed by atoms with E-state index in [9.17, 15) is 0 Å². The van der Waals surface area contributed by atoms with Crippen molar-refractivity contribution < 1.29 is 0 Å². The fourth-order valence-corrected chi connectivity index (χ4v) is 24.4. The number of aryl methyl sites for hydroxylation is 1. The van der Waals surface area contributed by atoms with E-state index >= 15 is 0 Å². The predicted octanol–water partition coefficient (Wildman–Crippen LogP) is 33.0. The Morgan fingerprint density at radius 1 is 0.128 bits per heavy atom. The van der Waals surface area contributed by atoms with Gasteiger partial charge in [-0.3, -0.25) is 26.4 Å². The normalized spacial score (nSPS) is 12.4. The van der Waals surface area contributed by atoms with Crippen molar-refractivity contribution in [3.63, 3.8) is 0 Å². The lowest BCUT2D eigenvalue weighted by Gasteiger charge is -2.14. The van der Waals surface area contributed by atoms with Crippen LogP contribution in [0.2, 0.25) is 0 Å². The summed E-state index contributed by atoms with van der Waals surface area (Å²) in [5.74, 6) is 5.24. The van der Waals surface area contributed by atoms with Crippen LogP contribution in [-0.2, 0) is 0 Å². The van der Waals surface area contributed by atoms with Gasteiger partial charge in [-0.2, -0.15) is 0 Å². The molecule has 0 aliphatic carbocycles. The highest BCUT2D eigenvalue weighted by Gasteiger charge is 2.32. The largest absolute Gasteiger partial charge is 0.276 e. The first-order valence-electron chi connectivity index (χ1n) is 50.3. The Balaban J connectivity index is 0.0000000967. The maximum Gasteiger partial charge on any atom is 0.223 e. The SMILES string of the molecule is Cc1cc(-c2ccccc2)cc(-c2cc3c4c(c2)n2c5cc6ccccc6cc5nc2n4c2nc4cc5ccccc5cc4n32)c1.c1ccc(-c2ccc(-c3cc4c5c(c3)n3c6cc7ccccc7cc6nc3n5c3nc5cc6ccccc6cc5n43)c(-c3ccccc3)c2)cc1.c1ccc(-c2ccc(-c3ccccc3)c(-c3cc4c5c(c3)n3c6cc7ccccc7cc6nc3n5c3nc5cc6ccccc6cc5n43)c2)cc1. The van der Waals surface area contributed by atoms with Crippen LogP contribution >= 0.6 is 0 Å². The topological polar surface area (TPSA) is 117 Å². The number of hydrogen-bond donors (Lipinski definition) is 0. The van der Waals surface area contributed by atoms with Gasteiger partial charge >= 0.3 is 0 Å². The van der Waals surface area contributed by atoms with Crippen molar-refractivity contribution in [1.29, 1.82) is 0 Å². The molecule has 0 saturated heterocycles. The quantitative estimate of drug-likeness (QED) is 0.150. The summed E-state index contributed by atoms with van der Waals surface area (Å²) in [4.78, 5) is 31.8. The highest BCUT2D eigenvalue weighted by Crippen LogP contribution is 2.49. The summed E-state index contributed by atoms with van der Waals surface area (Å²) in [6, 6.07) is 166. The van der Waals surface area contributed by atoms with Crippen LogP contribution in [0.15, 0.2) is 461 Å². The third-order valence-electron chi connectivity index (χ3n) is 31.1. The number of fused-ring (bicyclic) bond motifs is 36. The van der Waals surface area contributed by atoms with Crippen molar-refractivity contribution in [2.24, 2.45) is 0 Å². The average molecular weight is 1890 g/mol. The zero-order chi connectivity index (χ0) is 96.5. The van der Waals surface area contributed by atoms with Crippen molar-refractivity contribution in [2.75, 3.05) is 0 Å². The van der Waals surface area contributed by atoms with Crippen molar-refractivity contribution in [1.82, 2.24) is 69.5 Å². The fourth-order valence-electron chi connectivity index (χ4n) is 24.4. The van der Waals surface area contributed by atoms with Gasteiger partial charge in [0.25, 0.3) is 0 Å². The number of rotatable bonds is 8. The lowest BCUT2D eigenvalue weighted by molar-refractivity contribution is 1.15. The van der Waals surface area contributed by atoms with E-state index in [2.05, 4.69) is 508 Å². The van der Waals surface area contributed by atoms with Crippen LogP contribution in [0.3, 0.4) is 0 Å². The molecule has 686 valence electrons. The summed E-state index contributed by atoms with van der Waals surface area (Å²) in [5, 5.41) is 14.3. The molecule has 23 aromatic carbocycles. The Kier molecular flexibility index (Phi) is 16.6. The van der Waals surface area contributed by atoms with Gasteiger partial charge in [0.1, 0.15) is 16.6 Å². The van der Waals surface area contributed by atoms with Gasteiger partial charge in [0.2, 0.25) is 34.7 Å². The molecule has 0 bridgehead atoms. The predicted molar refractivity (Wildman–Crippen MR) is 609 cm³/mol. The Morgan fingerprint density at radius 3 is 0.595 bits per heavy atom. The molecule has 15 heteroatoms. The summed E-state index contributed by atoms with van der Waals surface area (Å²) in [6.45, 7) is 2.18. The molecule has 0 amide bonds. The summed E-state index contributed by atoms with van der Waals surface area (Å²) < 4.78 is 20.8. The molecule has 0 fully saturated rings. The summed E-state index contributed by atoms with van der Waals surface area (Å²) in [6.07, 6.45) is 0. The average Bonchev–Trinajstić information content (AvgIpc) is 1.52. The number of hydrogen-bond acceptors (Lipinski definition) is 6. The second kappa shape index (κ2) is 30.4. The van der Waals surface area contributed by atoms with Crippen molar-refractivity contribution in [3.05, 3.63) is 467 Å². The molecule has 148 heavy (non-hydrogen) atoms. The zero-order valence-electron chi connectivity index (χ0n) is 79.6. The molecule has 12 aromatic heterocycles. The molecule has 0 spiro atoms. The van der Waals surface area contributed by atoms with E-state index in [1.807, 2.05) is 0 Å². The molecule has 0 saturated carbocycles. The van der Waals surface area contributed by atoms with Crippen LogP contribution in [0.25, 0.3) is 304 Å². The monoisotopic (exact) mass is 1890 g/mol. The van der Waals surface area contributed by atoms with Crippen LogP contribution in [0.1, 0.15) is 5.56 Å². The van der Waals surface area contributed by atoms with Gasteiger partial charge in [-0.05, 0) is 294 Å². The van der Waals surface area contributed by atoms with E-state index < -0.39 is 0 Å². The number of aromatic nitrogens is 15. The zero-order valence-corrected chi connectivity index (χ0v) is 79.6.